The molecule has 0 bridgehead atoms. The predicted molar refractivity (Wildman–Crippen MR) is 133 cm³/mol. The number of aliphatic hydroxyl groups is 2. The van der Waals surface area contributed by atoms with Gasteiger partial charge in [-0.3, -0.25) is 9.59 Å². The summed E-state index contributed by atoms with van der Waals surface area (Å²) in [5.74, 6) is 1.52. The second-order valence-electron chi connectivity index (χ2n) is 12.9. The largest absolute Gasteiger partial charge is 0.469 e. The van der Waals surface area contributed by atoms with Crippen LogP contribution in [0.1, 0.15) is 92.4 Å². The summed E-state index contributed by atoms with van der Waals surface area (Å²) in [6.45, 7) is 10.6. The molecule has 12 unspecified atom stereocenters. The van der Waals surface area contributed by atoms with Gasteiger partial charge in [-0.15, -0.1) is 0 Å². The van der Waals surface area contributed by atoms with Crippen molar-refractivity contribution in [2.45, 2.75) is 111 Å². The number of esters is 2. The smallest absolute Gasteiger partial charge is 0.305 e. The first-order valence-corrected chi connectivity index (χ1v) is 14.1. The van der Waals surface area contributed by atoms with Crippen LogP contribution >= 0.6 is 0 Å². The number of aliphatic hydroxyl groups excluding tert-OH is 2. The van der Waals surface area contributed by atoms with E-state index in [1.807, 2.05) is 0 Å². The molecule has 6 heteroatoms. The average molecular weight is 493 g/mol. The zero-order valence-electron chi connectivity index (χ0n) is 22.7. The summed E-state index contributed by atoms with van der Waals surface area (Å²) in [6.07, 6.45) is 6.74. The lowest BCUT2D eigenvalue weighted by Gasteiger charge is -2.65. The molecule has 0 aromatic carbocycles. The predicted octanol–water partition coefficient (Wildman–Crippen LogP) is 4.74. The van der Waals surface area contributed by atoms with Crippen LogP contribution in [-0.2, 0) is 19.1 Å². The van der Waals surface area contributed by atoms with Crippen molar-refractivity contribution in [1.82, 2.24) is 0 Å². The highest BCUT2D eigenvalue weighted by atomic mass is 16.5. The van der Waals surface area contributed by atoms with Gasteiger partial charge in [-0.2, -0.15) is 0 Å². The van der Waals surface area contributed by atoms with Gasteiger partial charge in [0, 0.05) is 13.3 Å². The molecule has 4 rings (SSSR count). The molecule has 0 aromatic heterocycles. The Balaban J connectivity index is 1.61. The molecule has 6 nitrogen and oxygen atoms in total. The van der Waals surface area contributed by atoms with Gasteiger partial charge >= 0.3 is 11.9 Å². The molecular formula is C29H48O6. The number of carbonyl (C=O) groups excluding carboxylic acids is 2. The molecule has 0 amide bonds. The van der Waals surface area contributed by atoms with E-state index in [1.54, 1.807) is 0 Å². The Labute approximate surface area is 211 Å². The van der Waals surface area contributed by atoms with Crippen molar-refractivity contribution < 1.29 is 29.3 Å². The van der Waals surface area contributed by atoms with Crippen molar-refractivity contribution >= 4 is 11.9 Å². The lowest BCUT2D eigenvalue weighted by atomic mass is 9.41. The summed E-state index contributed by atoms with van der Waals surface area (Å²) < 4.78 is 10.5. The van der Waals surface area contributed by atoms with Crippen LogP contribution in [0, 0.1) is 52.3 Å². The lowest BCUT2D eigenvalue weighted by molar-refractivity contribution is -0.230. The van der Waals surface area contributed by atoms with Crippen molar-refractivity contribution in [3.8, 4) is 0 Å². The van der Waals surface area contributed by atoms with Crippen molar-refractivity contribution in [2.24, 2.45) is 52.3 Å². The highest BCUT2D eigenvalue weighted by Gasteiger charge is 2.67. The van der Waals surface area contributed by atoms with Gasteiger partial charge in [0.05, 0.1) is 19.3 Å². The molecule has 0 radical (unpaired) electrons. The molecule has 200 valence electrons. The molecule has 0 aliphatic heterocycles. The topological polar surface area (TPSA) is 93.1 Å². The summed E-state index contributed by atoms with van der Waals surface area (Å²) >= 11 is 0. The minimum atomic E-state index is -0.407. The van der Waals surface area contributed by atoms with Gasteiger partial charge in [0.25, 0.3) is 0 Å². The molecule has 4 saturated carbocycles. The van der Waals surface area contributed by atoms with E-state index < -0.39 is 6.10 Å². The van der Waals surface area contributed by atoms with Gasteiger partial charge in [-0.05, 0) is 97.2 Å². The Morgan fingerprint density at radius 2 is 1.77 bits per heavy atom. The minimum absolute atomic E-state index is 0.0398. The number of ether oxygens (including phenoxy) is 2. The number of rotatable bonds is 6. The van der Waals surface area contributed by atoms with Gasteiger partial charge in [-0.1, -0.05) is 34.1 Å². The van der Waals surface area contributed by atoms with Crippen molar-refractivity contribution in [1.29, 1.82) is 0 Å². The molecule has 35 heavy (non-hydrogen) atoms. The van der Waals surface area contributed by atoms with E-state index in [-0.39, 0.29) is 58.6 Å². The van der Waals surface area contributed by atoms with E-state index in [0.717, 1.165) is 51.4 Å². The second-order valence-corrected chi connectivity index (χ2v) is 12.9. The third-order valence-electron chi connectivity index (χ3n) is 11.6. The Morgan fingerprint density at radius 1 is 1.06 bits per heavy atom. The number of hydrogen-bond donors (Lipinski definition) is 2. The SMILES string of the molecule is CCC1C(O)C2C(CC(O)C3(C)C(C(C)CCC(=O)OC)CCC23)C2(C)CCC(OC(C)=O)CC12. The molecule has 12 atom stereocenters. The van der Waals surface area contributed by atoms with Crippen LogP contribution < -0.4 is 0 Å². The molecule has 4 aliphatic rings. The first-order chi connectivity index (χ1) is 16.5. The molecule has 0 aromatic rings. The van der Waals surface area contributed by atoms with Crippen LogP contribution in [0.5, 0.6) is 0 Å². The normalized spacial score (nSPS) is 47.7. The number of fused-ring (bicyclic) bond motifs is 5. The van der Waals surface area contributed by atoms with Crippen LogP contribution in [0.2, 0.25) is 0 Å². The van der Waals surface area contributed by atoms with Crippen LogP contribution in [0.4, 0.5) is 0 Å². The molecule has 0 saturated heterocycles. The maximum Gasteiger partial charge on any atom is 0.305 e. The monoisotopic (exact) mass is 492 g/mol. The van der Waals surface area contributed by atoms with E-state index in [0.29, 0.717) is 24.2 Å². The summed E-state index contributed by atoms with van der Waals surface area (Å²) in [5.41, 5.74) is -0.202. The minimum Gasteiger partial charge on any atom is -0.469 e. The van der Waals surface area contributed by atoms with Crippen LogP contribution in [-0.4, -0.2) is 47.6 Å². The molecular weight excluding hydrogens is 444 g/mol. The van der Waals surface area contributed by atoms with Crippen LogP contribution in [0.15, 0.2) is 0 Å². The molecule has 2 N–H and O–H groups in total. The Bertz CT molecular complexity index is 798. The number of hydrogen-bond acceptors (Lipinski definition) is 6. The summed E-state index contributed by atoms with van der Waals surface area (Å²) in [5, 5.41) is 23.7. The van der Waals surface area contributed by atoms with Gasteiger partial charge < -0.3 is 19.7 Å². The van der Waals surface area contributed by atoms with Crippen molar-refractivity contribution in [3.63, 3.8) is 0 Å². The van der Waals surface area contributed by atoms with E-state index in [1.165, 1.54) is 14.0 Å². The van der Waals surface area contributed by atoms with E-state index in [9.17, 15) is 19.8 Å². The van der Waals surface area contributed by atoms with Crippen molar-refractivity contribution in [3.05, 3.63) is 0 Å². The third kappa shape index (κ3) is 4.35. The molecule has 4 aliphatic carbocycles. The lowest BCUT2D eigenvalue weighted by Crippen LogP contribution is -2.65. The Kier molecular flexibility index (Phi) is 7.66. The van der Waals surface area contributed by atoms with Gasteiger partial charge in [0.15, 0.2) is 0 Å². The number of methoxy groups -OCH3 is 1. The quantitative estimate of drug-likeness (QED) is 0.520. The van der Waals surface area contributed by atoms with E-state index >= 15 is 0 Å². The molecule has 0 heterocycles. The third-order valence-corrected chi connectivity index (χ3v) is 11.6. The van der Waals surface area contributed by atoms with Gasteiger partial charge in [0.2, 0.25) is 0 Å². The first kappa shape index (κ1) is 26.9. The van der Waals surface area contributed by atoms with Crippen LogP contribution in [0.25, 0.3) is 0 Å². The van der Waals surface area contributed by atoms with Gasteiger partial charge in [-0.25, -0.2) is 0 Å². The highest BCUT2D eigenvalue weighted by Crippen LogP contribution is 2.69. The maximum atomic E-state index is 11.9. The fourth-order valence-electron chi connectivity index (χ4n) is 9.86. The highest BCUT2D eigenvalue weighted by molar-refractivity contribution is 5.69. The fraction of sp³-hybridized carbons (Fsp3) is 0.931. The van der Waals surface area contributed by atoms with Gasteiger partial charge in [0.1, 0.15) is 6.10 Å². The summed E-state index contributed by atoms with van der Waals surface area (Å²) in [4.78, 5) is 23.4. The van der Waals surface area contributed by atoms with E-state index in [2.05, 4.69) is 27.7 Å². The zero-order valence-corrected chi connectivity index (χ0v) is 22.7. The Morgan fingerprint density at radius 3 is 2.40 bits per heavy atom. The fourth-order valence-corrected chi connectivity index (χ4v) is 9.86. The first-order valence-electron chi connectivity index (χ1n) is 14.1. The Hall–Kier alpha value is -1.14. The zero-order chi connectivity index (χ0) is 25.7. The second kappa shape index (κ2) is 9.96. The standard InChI is InChI=1S/C29H48O6/c1-7-19-22-14-18(35-17(3)30)12-13-28(22,4)23-15-24(31)29(5)20(16(2)8-11-25(32)34-6)9-10-21(29)26(23)27(19)33/h16,18-24,26-27,31,33H,7-15H2,1-6H3. The van der Waals surface area contributed by atoms with Crippen LogP contribution in [0.3, 0.4) is 0 Å². The number of carbonyl (C=O) groups is 2. The molecule has 0 spiro atoms. The van der Waals surface area contributed by atoms with Crippen molar-refractivity contribution in [2.75, 3.05) is 7.11 Å². The summed E-state index contributed by atoms with van der Waals surface area (Å²) in [7, 11) is 1.44. The summed E-state index contributed by atoms with van der Waals surface area (Å²) in [6, 6.07) is 0. The maximum absolute atomic E-state index is 11.9. The molecule has 4 fully saturated rings. The van der Waals surface area contributed by atoms with E-state index in [4.69, 9.17) is 9.47 Å². The average Bonchev–Trinajstić information content (AvgIpc) is 3.17.